The molecule has 1 aromatic carbocycles. The number of allylic oxidation sites excluding steroid dienone is 2. The van der Waals surface area contributed by atoms with Gasteiger partial charge in [0.05, 0.1) is 5.69 Å². The molecule has 7 nitrogen and oxygen atoms in total. The standard InChI is InChI=1S/C34H43N7/c1-23(25-15-17-26(35)18-16-25)32-39-33(29-12-7-8-20-41(34(29)40-32)27-9-3-4-10-27)38-22-24-14-19-31(37-21-24)28-11-5-6-13-30(28)36-2/h5-6,8,11,13-14,19-21,25-27,36H,1,3-4,7,9-10,12,15-18,22,35H2,2H3,(H,38,39,40). The molecule has 0 atom stereocenters. The summed E-state index contributed by atoms with van der Waals surface area (Å²) in [5.41, 5.74) is 12.7. The summed E-state index contributed by atoms with van der Waals surface area (Å²) in [6.07, 6.45) is 17.6. The Kier molecular flexibility index (Phi) is 8.33. The van der Waals surface area contributed by atoms with Gasteiger partial charge in [0, 0.05) is 54.9 Å². The SMILES string of the molecule is C=C(c1nc(NCc2ccc(-c3ccccc3NC)nc2)c2c(n1)N(C1CCCC1)C=CCC2)C1CCC(N)CC1. The molecule has 6 rings (SSSR count). The highest BCUT2D eigenvalue weighted by Crippen LogP contribution is 2.38. The van der Waals surface area contributed by atoms with E-state index in [2.05, 4.69) is 58.7 Å². The Morgan fingerprint density at radius 2 is 1.83 bits per heavy atom. The van der Waals surface area contributed by atoms with Gasteiger partial charge in [-0.25, -0.2) is 9.97 Å². The van der Waals surface area contributed by atoms with Crippen LogP contribution in [0.4, 0.5) is 17.3 Å². The number of hydrogen-bond acceptors (Lipinski definition) is 7. The van der Waals surface area contributed by atoms with Crippen LogP contribution < -0.4 is 21.3 Å². The Balaban J connectivity index is 1.29. The Hall–Kier alpha value is -3.71. The van der Waals surface area contributed by atoms with Crippen LogP contribution in [0.2, 0.25) is 0 Å². The molecular formula is C34H43N7. The number of para-hydroxylation sites is 1. The zero-order chi connectivity index (χ0) is 28.2. The van der Waals surface area contributed by atoms with Crippen LogP contribution in [0.5, 0.6) is 0 Å². The summed E-state index contributed by atoms with van der Waals surface area (Å²) in [4.78, 5) is 17.6. The molecule has 2 aromatic heterocycles. The Labute approximate surface area is 244 Å². The summed E-state index contributed by atoms with van der Waals surface area (Å²) in [5, 5.41) is 6.96. The second-order valence-electron chi connectivity index (χ2n) is 11.8. The fourth-order valence-corrected chi connectivity index (χ4v) is 6.62. The van der Waals surface area contributed by atoms with E-state index in [1.165, 1.54) is 31.2 Å². The van der Waals surface area contributed by atoms with Crippen molar-refractivity contribution in [3.63, 3.8) is 0 Å². The molecule has 4 N–H and O–H groups in total. The van der Waals surface area contributed by atoms with E-state index in [0.29, 0.717) is 24.5 Å². The summed E-state index contributed by atoms with van der Waals surface area (Å²) in [6, 6.07) is 13.3. The molecule has 0 bridgehead atoms. The second-order valence-corrected chi connectivity index (χ2v) is 11.8. The smallest absolute Gasteiger partial charge is 0.159 e. The van der Waals surface area contributed by atoms with Crippen molar-refractivity contribution < 1.29 is 0 Å². The van der Waals surface area contributed by atoms with Gasteiger partial charge >= 0.3 is 0 Å². The molecule has 41 heavy (non-hydrogen) atoms. The van der Waals surface area contributed by atoms with E-state index in [4.69, 9.17) is 20.7 Å². The van der Waals surface area contributed by atoms with Gasteiger partial charge in [0.25, 0.3) is 0 Å². The molecule has 7 heteroatoms. The van der Waals surface area contributed by atoms with Crippen molar-refractivity contribution in [3.05, 3.63) is 78.4 Å². The first kappa shape index (κ1) is 27.5. The summed E-state index contributed by atoms with van der Waals surface area (Å²) in [6.45, 7) is 5.18. The lowest BCUT2D eigenvalue weighted by Gasteiger charge is -2.30. The molecule has 2 saturated carbocycles. The van der Waals surface area contributed by atoms with Gasteiger partial charge in [-0.1, -0.05) is 49.8 Å². The molecule has 3 aliphatic rings. The predicted molar refractivity (Wildman–Crippen MR) is 170 cm³/mol. The number of benzene rings is 1. The van der Waals surface area contributed by atoms with Crippen molar-refractivity contribution in [2.75, 3.05) is 22.6 Å². The third kappa shape index (κ3) is 6.01. The zero-order valence-electron chi connectivity index (χ0n) is 24.3. The number of aromatic nitrogens is 3. The molecule has 2 fully saturated rings. The van der Waals surface area contributed by atoms with E-state index in [-0.39, 0.29) is 0 Å². The predicted octanol–water partition coefficient (Wildman–Crippen LogP) is 6.93. The highest BCUT2D eigenvalue weighted by atomic mass is 15.2. The molecule has 214 valence electrons. The largest absolute Gasteiger partial charge is 0.388 e. The van der Waals surface area contributed by atoms with Crippen molar-refractivity contribution in [1.29, 1.82) is 0 Å². The summed E-state index contributed by atoms with van der Waals surface area (Å²) in [7, 11) is 1.94. The summed E-state index contributed by atoms with van der Waals surface area (Å²) >= 11 is 0. The van der Waals surface area contributed by atoms with E-state index in [1.807, 2.05) is 25.4 Å². The van der Waals surface area contributed by atoms with Crippen molar-refractivity contribution in [2.24, 2.45) is 11.7 Å². The first-order valence-electron chi connectivity index (χ1n) is 15.4. The van der Waals surface area contributed by atoms with Gasteiger partial charge < -0.3 is 21.3 Å². The van der Waals surface area contributed by atoms with Crippen LogP contribution in [0.25, 0.3) is 16.8 Å². The third-order valence-corrected chi connectivity index (χ3v) is 9.08. The first-order valence-corrected chi connectivity index (χ1v) is 15.4. The summed E-state index contributed by atoms with van der Waals surface area (Å²) in [5.74, 6) is 3.15. The van der Waals surface area contributed by atoms with E-state index < -0.39 is 0 Å². The monoisotopic (exact) mass is 549 g/mol. The molecule has 0 unspecified atom stereocenters. The van der Waals surface area contributed by atoms with Crippen LogP contribution in [-0.2, 0) is 13.0 Å². The maximum Gasteiger partial charge on any atom is 0.159 e. The van der Waals surface area contributed by atoms with Gasteiger partial charge in [-0.2, -0.15) is 0 Å². The maximum atomic E-state index is 6.21. The van der Waals surface area contributed by atoms with Gasteiger partial charge in [-0.15, -0.1) is 0 Å². The highest BCUT2D eigenvalue weighted by molar-refractivity contribution is 5.75. The first-order chi connectivity index (χ1) is 20.1. The van der Waals surface area contributed by atoms with Crippen LogP contribution in [0.3, 0.4) is 0 Å². The van der Waals surface area contributed by atoms with Crippen LogP contribution in [0.1, 0.15) is 74.7 Å². The van der Waals surface area contributed by atoms with Crippen LogP contribution in [0.15, 0.2) is 61.4 Å². The lowest BCUT2D eigenvalue weighted by Crippen LogP contribution is -2.30. The number of anilines is 3. The molecule has 0 spiro atoms. The number of pyridine rings is 1. The molecule has 3 heterocycles. The maximum absolute atomic E-state index is 6.21. The Morgan fingerprint density at radius 1 is 1.02 bits per heavy atom. The topological polar surface area (TPSA) is 92.0 Å². The minimum Gasteiger partial charge on any atom is -0.388 e. The average Bonchev–Trinajstić information content (AvgIpc) is 3.47. The van der Waals surface area contributed by atoms with Crippen LogP contribution in [-0.4, -0.2) is 34.1 Å². The van der Waals surface area contributed by atoms with Gasteiger partial charge in [0.2, 0.25) is 0 Å². The molecular weight excluding hydrogens is 506 g/mol. The fourth-order valence-electron chi connectivity index (χ4n) is 6.62. The lowest BCUT2D eigenvalue weighted by molar-refractivity contribution is 0.383. The zero-order valence-corrected chi connectivity index (χ0v) is 24.3. The second kappa shape index (κ2) is 12.4. The molecule has 3 aromatic rings. The molecule has 2 aliphatic carbocycles. The minimum absolute atomic E-state index is 0.305. The van der Waals surface area contributed by atoms with E-state index in [0.717, 1.165) is 84.1 Å². The highest BCUT2D eigenvalue weighted by Gasteiger charge is 2.29. The van der Waals surface area contributed by atoms with E-state index in [1.54, 1.807) is 0 Å². The van der Waals surface area contributed by atoms with Gasteiger partial charge in [-0.05, 0) is 80.6 Å². The number of nitrogens with two attached hydrogens (primary N) is 1. The molecule has 1 aliphatic heterocycles. The number of nitrogens with one attached hydrogen (secondary N) is 2. The normalized spacial score (nSPS) is 20.9. The van der Waals surface area contributed by atoms with Crippen molar-refractivity contribution in [3.8, 4) is 11.3 Å². The fraction of sp³-hybridized carbons (Fsp3) is 0.441. The van der Waals surface area contributed by atoms with Crippen LogP contribution >= 0.6 is 0 Å². The Morgan fingerprint density at radius 3 is 2.59 bits per heavy atom. The Bertz CT molecular complexity index is 1380. The molecule has 0 saturated heterocycles. The van der Waals surface area contributed by atoms with Crippen LogP contribution in [0, 0.1) is 5.92 Å². The third-order valence-electron chi connectivity index (χ3n) is 9.08. The molecule has 0 radical (unpaired) electrons. The minimum atomic E-state index is 0.305. The van der Waals surface area contributed by atoms with Gasteiger partial charge in [-0.3, -0.25) is 4.98 Å². The number of hydrogen-bond donors (Lipinski definition) is 3. The quantitative estimate of drug-likeness (QED) is 0.280. The van der Waals surface area contributed by atoms with Crippen molar-refractivity contribution in [2.45, 2.75) is 82.8 Å². The number of nitrogens with zero attached hydrogens (tertiary/aromatic N) is 4. The number of fused-ring (bicyclic) bond motifs is 1. The average molecular weight is 550 g/mol. The van der Waals surface area contributed by atoms with E-state index in [9.17, 15) is 0 Å². The summed E-state index contributed by atoms with van der Waals surface area (Å²) < 4.78 is 0. The van der Waals surface area contributed by atoms with Crippen molar-refractivity contribution in [1.82, 2.24) is 15.0 Å². The van der Waals surface area contributed by atoms with E-state index >= 15 is 0 Å². The van der Waals surface area contributed by atoms with Crippen molar-refractivity contribution >= 4 is 22.9 Å². The van der Waals surface area contributed by atoms with Gasteiger partial charge in [0.15, 0.2) is 5.82 Å². The lowest BCUT2D eigenvalue weighted by atomic mass is 9.82. The molecule has 0 amide bonds. The number of rotatable bonds is 8. The van der Waals surface area contributed by atoms with Gasteiger partial charge in [0.1, 0.15) is 11.6 Å².